The van der Waals surface area contributed by atoms with E-state index in [9.17, 15) is 9.18 Å². The molecule has 0 aliphatic rings. The number of hydrogen-bond donors (Lipinski definition) is 1. The highest BCUT2D eigenvalue weighted by Crippen LogP contribution is 2.15. The number of rotatable bonds is 6. The lowest BCUT2D eigenvalue weighted by Crippen LogP contribution is -2.30. The van der Waals surface area contributed by atoms with Crippen LogP contribution in [0.2, 0.25) is 0 Å². The Labute approximate surface area is 136 Å². The Morgan fingerprint density at radius 1 is 1.04 bits per heavy atom. The molecule has 23 heavy (non-hydrogen) atoms. The molecular weight excluding hydrogens is 293 g/mol. The van der Waals surface area contributed by atoms with Crippen molar-refractivity contribution in [1.29, 1.82) is 0 Å². The fourth-order valence-electron chi connectivity index (χ4n) is 2.26. The van der Waals surface area contributed by atoms with Crippen molar-refractivity contribution in [3.05, 3.63) is 59.9 Å². The van der Waals surface area contributed by atoms with E-state index in [1.165, 1.54) is 6.07 Å². The predicted molar refractivity (Wildman–Crippen MR) is 92.1 cm³/mol. The number of likely N-dealkylation sites (N-methyl/N-ethyl adjacent to an activating group) is 1. The number of amides is 1. The summed E-state index contributed by atoms with van der Waals surface area (Å²) >= 11 is 0. The fraction of sp³-hybridized carbons (Fsp3) is 0.278. The SMILES string of the molecule is CN(CC(=O)Nc1ccc(N(C)C)cc1)Cc1ccccc1F. The average molecular weight is 315 g/mol. The monoisotopic (exact) mass is 315 g/mol. The number of hydrogen-bond acceptors (Lipinski definition) is 3. The lowest BCUT2D eigenvalue weighted by atomic mass is 10.2. The van der Waals surface area contributed by atoms with Crippen LogP contribution in [0.3, 0.4) is 0 Å². The Hall–Kier alpha value is -2.40. The zero-order chi connectivity index (χ0) is 16.8. The Morgan fingerprint density at radius 2 is 1.70 bits per heavy atom. The van der Waals surface area contributed by atoms with Gasteiger partial charge in [-0.15, -0.1) is 0 Å². The third-order valence-electron chi connectivity index (χ3n) is 3.48. The van der Waals surface area contributed by atoms with Crippen LogP contribution >= 0.6 is 0 Å². The zero-order valence-corrected chi connectivity index (χ0v) is 13.7. The van der Waals surface area contributed by atoms with Gasteiger partial charge in [-0.05, 0) is 37.4 Å². The molecule has 2 rings (SSSR count). The van der Waals surface area contributed by atoms with Crippen molar-refractivity contribution in [3.63, 3.8) is 0 Å². The van der Waals surface area contributed by atoms with Crippen molar-refractivity contribution >= 4 is 17.3 Å². The first-order valence-electron chi connectivity index (χ1n) is 7.45. The smallest absolute Gasteiger partial charge is 0.238 e. The number of nitrogens with one attached hydrogen (secondary N) is 1. The maximum atomic E-state index is 13.6. The molecule has 122 valence electrons. The van der Waals surface area contributed by atoms with Crippen LogP contribution in [-0.2, 0) is 11.3 Å². The molecule has 0 atom stereocenters. The maximum absolute atomic E-state index is 13.6. The minimum Gasteiger partial charge on any atom is -0.378 e. The molecule has 0 unspecified atom stereocenters. The van der Waals surface area contributed by atoms with Gasteiger partial charge < -0.3 is 10.2 Å². The normalized spacial score (nSPS) is 10.7. The van der Waals surface area contributed by atoms with Gasteiger partial charge in [-0.2, -0.15) is 0 Å². The largest absolute Gasteiger partial charge is 0.378 e. The molecule has 0 saturated carbocycles. The average Bonchev–Trinajstić information content (AvgIpc) is 2.50. The zero-order valence-electron chi connectivity index (χ0n) is 13.7. The van der Waals surface area contributed by atoms with Gasteiger partial charge in [-0.25, -0.2) is 4.39 Å². The standard InChI is InChI=1S/C18H22FN3O/c1-21(2)16-10-8-15(9-11-16)20-18(23)13-22(3)12-14-6-4-5-7-17(14)19/h4-11H,12-13H2,1-3H3,(H,20,23). The van der Waals surface area contributed by atoms with Crippen LogP contribution < -0.4 is 10.2 Å². The molecule has 0 heterocycles. The van der Waals surface area contributed by atoms with Gasteiger partial charge in [0, 0.05) is 37.6 Å². The van der Waals surface area contributed by atoms with E-state index in [-0.39, 0.29) is 18.3 Å². The van der Waals surface area contributed by atoms with E-state index in [1.54, 1.807) is 30.1 Å². The lowest BCUT2D eigenvalue weighted by Gasteiger charge is -2.17. The van der Waals surface area contributed by atoms with Gasteiger partial charge in [0.25, 0.3) is 0 Å². The first kappa shape index (κ1) is 17.0. The Bertz CT molecular complexity index is 656. The highest BCUT2D eigenvalue weighted by Gasteiger charge is 2.10. The summed E-state index contributed by atoms with van der Waals surface area (Å²) in [5.74, 6) is -0.375. The molecule has 0 aliphatic carbocycles. The van der Waals surface area contributed by atoms with E-state index in [0.29, 0.717) is 12.1 Å². The molecular formula is C18H22FN3O. The van der Waals surface area contributed by atoms with E-state index in [2.05, 4.69) is 5.32 Å². The summed E-state index contributed by atoms with van der Waals surface area (Å²) in [6.07, 6.45) is 0. The van der Waals surface area contributed by atoms with Crippen LogP contribution in [0.5, 0.6) is 0 Å². The second kappa shape index (κ2) is 7.74. The molecule has 1 amide bonds. The first-order valence-corrected chi connectivity index (χ1v) is 7.45. The minimum absolute atomic E-state index is 0.124. The second-order valence-electron chi connectivity index (χ2n) is 5.75. The molecule has 0 fully saturated rings. The van der Waals surface area contributed by atoms with E-state index >= 15 is 0 Å². The molecule has 0 aliphatic heterocycles. The van der Waals surface area contributed by atoms with Crippen molar-refractivity contribution < 1.29 is 9.18 Å². The van der Waals surface area contributed by atoms with Gasteiger partial charge in [0.2, 0.25) is 5.91 Å². The third-order valence-corrected chi connectivity index (χ3v) is 3.48. The van der Waals surface area contributed by atoms with Gasteiger partial charge in [-0.3, -0.25) is 9.69 Å². The number of carbonyl (C=O) groups excluding carboxylic acids is 1. The molecule has 0 spiro atoms. The fourth-order valence-corrected chi connectivity index (χ4v) is 2.26. The van der Waals surface area contributed by atoms with Crippen molar-refractivity contribution in [1.82, 2.24) is 4.90 Å². The van der Waals surface area contributed by atoms with Crippen LogP contribution in [0.25, 0.3) is 0 Å². The molecule has 2 aromatic rings. The highest BCUT2D eigenvalue weighted by atomic mass is 19.1. The quantitative estimate of drug-likeness (QED) is 0.890. The van der Waals surface area contributed by atoms with Crippen LogP contribution in [-0.4, -0.2) is 38.5 Å². The van der Waals surface area contributed by atoms with E-state index < -0.39 is 0 Å². The van der Waals surface area contributed by atoms with Gasteiger partial charge in [0.15, 0.2) is 0 Å². The number of anilines is 2. The summed E-state index contributed by atoms with van der Waals surface area (Å²) < 4.78 is 13.6. The molecule has 0 aromatic heterocycles. The van der Waals surface area contributed by atoms with Crippen LogP contribution in [0.1, 0.15) is 5.56 Å². The maximum Gasteiger partial charge on any atom is 0.238 e. The van der Waals surface area contributed by atoms with Crippen LogP contribution in [0, 0.1) is 5.82 Å². The Kier molecular flexibility index (Phi) is 5.71. The summed E-state index contributed by atoms with van der Waals surface area (Å²) in [4.78, 5) is 15.8. The minimum atomic E-state index is -0.251. The van der Waals surface area contributed by atoms with Gasteiger partial charge >= 0.3 is 0 Å². The van der Waals surface area contributed by atoms with Gasteiger partial charge in [-0.1, -0.05) is 18.2 Å². The molecule has 1 N–H and O–H groups in total. The molecule has 0 radical (unpaired) electrons. The summed E-state index contributed by atoms with van der Waals surface area (Å²) in [5, 5.41) is 2.85. The van der Waals surface area contributed by atoms with Gasteiger partial charge in [0.05, 0.1) is 6.54 Å². The summed E-state index contributed by atoms with van der Waals surface area (Å²) in [6.45, 7) is 0.587. The van der Waals surface area contributed by atoms with Crippen LogP contribution in [0.4, 0.5) is 15.8 Å². The van der Waals surface area contributed by atoms with Crippen molar-refractivity contribution in [3.8, 4) is 0 Å². The van der Waals surface area contributed by atoms with Crippen molar-refractivity contribution in [2.24, 2.45) is 0 Å². The molecule has 2 aromatic carbocycles. The second-order valence-corrected chi connectivity index (χ2v) is 5.75. The van der Waals surface area contributed by atoms with Gasteiger partial charge in [0.1, 0.15) is 5.82 Å². The van der Waals surface area contributed by atoms with E-state index in [0.717, 1.165) is 11.4 Å². The summed E-state index contributed by atoms with van der Waals surface area (Å²) in [6, 6.07) is 14.2. The van der Waals surface area contributed by atoms with E-state index in [4.69, 9.17) is 0 Å². The molecule has 0 saturated heterocycles. The number of nitrogens with zero attached hydrogens (tertiary/aromatic N) is 2. The molecule has 5 heteroatoms. The number of benzene rings is 2. The topological polar surface area (TPSA) is 35.6 Å². The van der Waals surface area contributed by atoms with Crippen LogP contribution in [0.15, 0.2) is 48.5 Å². The summed E-state index contributed by atoms with van der Waals surface area (Å²) in [7, 11) is 5.72. The molecule has 4 nitrogen and oxygen atoms in total. The first-order chi connectivity index (χ1) is 11.0. The van der Waals surface area contributed by atoms with E-state index in [1.807, 2.05) is 43.3 Å². The highest BCUT2D eigenvalue weighted by molar-refractivity contribution is 5.92. The predicted octanol–water partition coefficient (Wildman–Crippen LogP) is 2.96. The Balaban J connectivity index is 1.87. The third kappa shape index (κ3) is 5.07. The lowest BCUT2D eigenvalue weighted by molar-refractivity contribution is -0.117. The van der Waals surface area contributed by atoms with Crippen molar-refractivity contribution in [2.45, 2.75) is 6.54 Å². The van der Waals surface area contributed by atoms with Crippen molar-refractivity contribution in [2.75, 3.05) is 37.9 Å². The Morgan fingerprint density at radius 3 is 2.30 bits per heavy atom. The summed E-state index contributed by atoms with van der Waals surface area (Å²) in [5.41, 5.74) is 2.40. The number of halogens is 1. The number of carbonyl (C=O) groups is 1. The molecule has 0 bridgehead atoms.